The van der Waals surface area contributed by atoms with Crippen LogP contribution in [-0.4, -0.2) is 33.0 Å². The Morgan fingerprint density at radius 1 is 1.56 bits per heavy atom. The van der Waals surface area contributed by atoms with Crippen LogP contribution in [0, 0.1) is 5.92 Å². The van der Waals surface area contributed by atoms with E-state index in [1.54, 1.807) is 4.68 Å². The fourth-order valence-electron chi connectivity index (χ4n) is 2.17. The minimum atomic E-state index is 0.446. The Bertz CT molecular complexity index is 528. The molecule has 1 fully saturated rings. The molecule has 96 valence electrons. The first-order chi connectivity index (χ1) is 8.76. The van der Waals surface area contributed by atoms with Gasteiger partial charge in [0.25, 0.3) is 0 Å². The molecule has 0 spiro atoms. The van der Waals surface area contributed by atoms with Gasteiger partial charge in [-0.15, -0.1) is 0 Å². The van der Waals surface area contributed by atoms with Crippen molar-refractivity contribution in [1.29, 1.82) is 0 Å². The second-order valence-corrected chi connectivity index (χ2v) is 4.82. The molecule has 1 aliphatic rings. The monoisotopic (exact) mass is 247 g/mol. The molecule has 3 rings (SSSR count). The van der Waals surface area contributed by atoms with Gasteiger partial charge in [0.05, 0.1) is 0 Å². The number of rotatable bonds is 5. The summed E-state index contributed by atoms with van der Waals surface area (Å²) in [5, 5.41) is 11.6. The third kappa shape index (κ3) is 2.28. The third-order valence-electron chi connectivity index (χ3n) is 3.37. The molecule has 18 heavy (non-hydrogen) atoms. The van der Waals surface area contributed by atoms with Crippen LogP contribution in [0.25, 0.3) is 11.5 Å². The fraction of sp³-hybridized carbons (Fsp3) is 0.583. The van der Waals surface area contributed by atoms with Gasteiger partial charge in [0, 0.05) is 25.7 Å². The summed E-state index contributed by atoms with van der Waals surface area (Å²) in [5.74, 6) is 2.01. The molecule has 0 bridgehead atoms. The summed E-state index contributed by atoms with van der Waals surface area (Å²) >= 11 is 0. The second-order valence-electron chi connectivity index (χ2n) is 4.82. The lowest BCUT2D eigenvalue weighted by Crippen LogP contribution is -2.29. The predicted molar refractivity (Wildman–Crippen MR) is 65.8 cm³/mol. The number of likely N-dealkylation sites (N-methyl/N-ethyl adjacent to an activating group) is 1. The lowest BCUT2D eigenvalue weighted by molar-refractivity contribution is 0.352. The van der Waals surface area contributed by atoms with Gasteiger partial charge in [-0.05, 0) is 31.9 Å². The Kier molecular flexibility index (Phi) is 2.87. The summed E-state index contributed by atoms with van der Waals surface area (Å²) in [6, 6.07) is 2.33. The summed E-state index contributed by atoms with van der Waals surface area (Å²) < 4.78 is 7.02. The Balaban J connectivity index is 1.72. The van der Waals surface area contributed by atoms with E-state index >= 15 is 0 Å². The SMILES string of the molecule is CNC(Cc1nc(-c2ccn(C)n2)no1)C1CC1. The van der Waals surface area contributed by atoms with Crippen molar-refractivity contribution >= 4 is 0 Å². The number of hydrogen-bond donors (Lipinski definition) is 1. The molecule has 2 aromatic rings. The molecule has 0 aliphatic heterocycles. The zero-order chi connectivity index (χ0) is 12.5. The molecular weight excluding hydrogens is 230 g/mol. The first-order valence-corrected chi connectivity index (χ1v) is 6.26. The largest absolute Gasteiger partial charge is 0.339 e. The van der Waals surface area contributed by atoms with Gasteiger partial charge in [-0.2, -0.15) is 10.1 Å². The van der Waals surface area contributed by atoms with Gasteiger partial charge in [0.15, 0.2) is 0 Å². The van der Waals surface area contributed by atoms with Crippen LogP contribution in [0.2, 0.25) is 0 Å². The molecule has 0 radical (unpaired) electrons. The lowest BCUT2D eigenvalue weighted by atomic mass is 10.1. The number of aromatic nitrogens is 4. The van der Waals surface area contributed by atoms with Crippen LogP contribution < -0.4 is 5.32 Å². The summed E-state index contributed by atoms with van der Waals surface area (Å²) in [6.07, 6.45) is 5.26. The normalized spacial score (nSPS) is 17.0. The van der Waals surface area contributed by atoms with Gasteiger partial charge in [0.1, 0.15) is 5.69 Å². The van der Waals surface area contributed by atoms with E-state index in [4.69, 9.17) is 4.52 Å². The third-order valence-corrected chi connectivity index (χ3v) is 3.37. The average molecular weight is 247 g/mol. The molecule has 1 atom stereocenters. The maximum atomic E-state index is 5.29. The molecule has 1 N–H and O–H groups in total. The predicted octanol–water partition coefficient (Wildman–Crippen LogP) is 1.01. The summed E-state index contributed by atoms with van der Waals surface area (Å²) in [5.41, 5.74) is 0.750. The molecule has 6 nitrogen and oxygen atoms in total. The van der Waals surface area contributed by atoms with E-state index in [1.165, 1.54) is 12.8 Å². The maximum Gasteiger partial charge on any atom is 0.228 e. The Hall–Kier alpha value is -1.69. The minimum absolute atomic E-state index is 0.446. The van der Waals surface area contributed by atoms with Gasteiger partial charge >= 0.3 is 0 Å². The van der Waals surface area contributed by atoms with Crippen molar-refractivity contribution in [2.24, 2.45) is 13.0 Å². The zero-order valence-electron chi connectivity index (χ0n) is 10.6. The van der Waals surface area contributed by atoms with Crippen molar-refractivity contribution in [2.75, 3.05) is 7.05 Å². The van der Waals surface area contributed by atoms with E-state index in [0.717, 1.165) is 18.0 Å². The molecule has 2 aromatic heterocycles. The van der Waals surface area contributed by atoms with Crippen molar-refractivity contribution < 1.29 is 4.52 Å². The van der Waals surface area contributed by atoms with Crippen molar-refractivity contribution in [3.8, 4) is 11.5 Å². The zero-order valence-corrected chi connectivity index (χ0v) is 10.6. The van der Waals surface area contributed by atoms with E-state index in [2.05, 4.69) is 20.6 Å². The van der Waals surface area contributed by atoms with E-state index in [9.17, 15) is 0 Å². The topological polar surface area (TPSA) is 68.8 Å². The van der Waals surface area contributed by atoms with Crippen molar-refractivity contribution in [2.45, 2.75) is 25.3 Å². The second kappa shape index (κ2) is 4.53. The summed E-state index contributed by atoms with van der Waals surface area (Å²) in [7, 11) is 3.85. The van der Waals surface area contributed by atoms with E-state index in [1.807, 2.05) is 26.4 Å². The highest BCUT2D eigenvalue weighted by atomic mass is 16.5. The van der Waals surface area contributed by atoms with Crippen molar-refractivity contribution in [1.82, 2.24) is 25.2 Å². The van der Waals surface area contributed by atoms with Crippen molar-refractivity contribution in [3.63, 3.8) is 0 Å². The minimum Gasteiger partial charge on any atom is -0.339 e. The van der Waals surface area contributed by atoms with Gasteiger partial charge < -0.3 is 9.84 Å². The standard InChI is InChI=1S/C12H17N5O/c1-13-10(8-3-4-8)7-11-14-12(16-18-11)9-5-6-17(2)15-9/h5-6,8,10,13H,3-4,7H2,1-2H3. The van der Waals surface area contributed by atoms with Crippen LogP contribution in [0.15, 0.2) is 16.8 Å². The molecule has 6 heteroatoms. The van der Waals surface area contributed by atoms with Gasteiger partial charge in [0.2, 0.25) is 11.7 Å². The number of hydrogen-bond acceptors (Lipinski definition) is 5. The molecule has 0 saturated heterocycles. The van der Waals surface area contributed by atoms with Crippen LogP contribution in [0.4, 0.5) is 0 Å². The van der Waals surface area contributed by atoms with Crippen LogP contribution in [0.5, 0.6) is 0 Å². The Labute approximate surface area is 105 Å². The van der Waals surface area contributed by atoms with E-state index < -0.39 is 0 Å². The number of nitrogens with zero attached hydrogens (tertiary/aromatic N) is 4. The van der Waals surface area contributed by atoms with Gasteiger partial charge in [-0.3, -0.25) is 4.68 Å². The molecule has 1 aliphatic carbocycles. The molecule has 0 amide bonds. The summed E-state index contributed by atoms with van der Waals surface area (Å²) in [6.45, 7) is 0. The quantitative estimate of drug-likeness (QED) is 0.854. The first-order valence-electron chi connectivity index (χ1n) is 6.26. The van der Waals surface area contributed by atoms with Crippen LogP contribution in [0.1, 0.15) is 18.7 Å². The average Bonchev–Trinajstić information content (AvgIpc) is 2.94. The van der Waals surface area contributed by atoms with Crippen LogP contribution in [0.3, 0.4) is 0 Å². The Morgan fingerprint density at radius 3 is 3.00 bits per heavy atom. The maximum absolute atomic E-state index is 5.29. The number of aryl methyl sites for hydroxylation is 1. The lowest BCUT2D eigenvalue weighted by Gasteiger charge is -2.11. The van der Waals surface area contributed by atoms with Gasteiger partial charge in [-0.25, -0.2) is 0 Å². The molecular formula is C12H17N5O. The molecule has 1 unspecified atom stereocenters. The van der Waals surface area contributed by atoms with Crippen molar-refractivity contribution in [3.05, 3.63) is 18.2 Å². The van der Waals surface area contributed by atoms with E-state index in [0.29, 0.717) is 17.8 Å². The number of nitrogens with one attached hydrogen (secondary N) is 1. The highest BCUT2D eigenvalue weighted by Crippen LogP contribution is 2.33. The molecule has 2 heterocycles. The Morgan fingerprint density at radius 2 is 2.39 bits per heavy atom. The van der Waals surface area contributed by atoms with Crippen LogP contribution >= 0.6 is 0 Å². The highest BCUT2D eigenvalue weighted by molar-refractivity contribution is 5.46. The van der Waals surface area contributed by atoms with Crippen LogP contribution in [-0.2, 0) is 13.5 Å². The van der Waals surface area contributed by atoms with Gasteiger partial charge in [-0.1, -0.05) is 5.16 Å². The fourth-order valence-corrected chi connectivity index (χ4v) is 2.17. The smallest absolute Gasteiger partial charge is 0.228 e. The first kappa shape index (κ1) is 11.4. The summed E-state index contributed by atoms with van der Waals surface area (Å²) in [4.78, 5) is 4.40. The van der Waals surface area contributed by atoms with E-state index in [-0.39, 0.29) is 0 Å². The highest BCUT2D eigenvalue weighted by Gasteiger charge is 2.31. The molecule has 0 aromatic carbocycles. The molecule has 1 saturated carbocycles.